The van der Waals surface area contributed by atoms with Gasteiger partial charge in [0.2, 0.25) is 0 Å². The van der Waals surface area contributed by atoms with E-state index in [2.05, 4.69) is 27.3 Å². The standard InChI is InChI=1S/C14H17N5O2/c1-4-9-19-17-14(16-18-19)15-13(20)11-5-7-12(8-6-11)21-10(2)3/h4-8,10H,1,9H2,2-3H3,(H,15,17,20). The fourth-order valence-electron chi connectivity index (χ4n) is 1.62. The molecule has 0 fully saturated rings. The summed E-state index contributed by atoms with van der Waals surface area (Å²) in [5, 5.41) is 14.1. The summed E-state index contributed by atoms with van der Waals surface area (Å²) >= 11 is 0. The molecule has 21 heavy (non-hydrogen) atoms. The summed E-state index contributed by atoms with van der Waals surface area (Å²) in [6.45, 7) is 7.90. The van der Waals surface area contributed by atoms with Gasteiger partial charge in [0, 0.05) is 5.56 Å². The molecule has 1 aromatic heterocycles. The zero-order valence-corrected chi connectivity index (χ0v) is 12.0. The Hall–Kier alpha value is -2.70. The number of hydrogen-bond acceptors (Lipinski definition) is 5. The number of rotatable bonds is 6. The highest BCUT2D eigenvalue weighted by molar-refractivity contribution is 6.03. The molecule has 1 heterocycles. The van der Waals surface area contributed by atoms with Crippen LogP contribution in [0, 0.1) is 0 Å². The third kappa shape index (κ3) is 4.13. The van der Waals surface area contributed by atoms with Gasteiger partial charge in [-0.05, 0) is 43.3 Å². The van der Waals surface area contributed by atoms with E-state index in [1.165, 1.54) is 4.80 Å². The molecule has 7 nitrogen and oxygen atoms in total. The highest BCUT2D eigenvalue weighted by Gasteiger charge is 2.10. The highest BCUT2D eigenvalue weighted by Crippen LogP contribution is 2.14. The Balaban J connectivity index is 2.00. The molecule has 0 saturated carbocycles. The molecule has 0 aliphatic carbocycles. The summed E-state index contributed by atoms with van der Waals surface area (Å²) < 4.78 is 5.52. The molecule has 0 bridgehead atoms. The van der Waals surface area contributed by atoms with Crippen molar-refractivity contribution in [2.24, 2.45) is 0 Å². The Labute approximate surface area is 122 Å². The number of anilines is 1. The zero-order valence-electron chi connectivity index (χ0n) is 12.0. The van der Waals surface area contributed by atoms with Gasteiger partial charge in [0.15, 0.2) is 0 Å². The molecule has 2 rings (SSSR count). The van der Waals surface area contributed by atoms with Gasteiger partial charge in [0.05, 0.1) is 12.6 Å². The molecule has 1 aromatic carbocycles. The summed E-state index contributed by atoms with van der Waals surface area (Å²) in [5.41, 5.74) is 0.492. The van der Waals surface area contributed by atoms with Crippen LogP contribution in [0.25, 0.3) is 0 Å². The maximum absolute atomic E-state index is 12.0. The Bertz CT molecular complexity index is 619. The van der Waals surface area contributed by atoms with Gasteiger partial charge in [-0.3, -0.25) is 10.1 Å². The minimum Gasteiger partial charge on any atom is -0.491 e. The Kier molecular flexibility index (Phi) is 4.65. The predicted molar refractivity (Wildman–Crippen MR) is 78.2 cm³/mol. The maximum Gasteiger partial charge on any atom is 0.270 e. The molecular weight excluding hydrogens is 270 g/mol. The van der Waals surface area contributed by atoms with E-state index >= 15 is 0 Å². The number of allylic oxidation sites excluding steroid dienone is 1. The van der Waals surface area contributed by atoms with Gasteiger partial charge in [-0.25, -0.2) is 0 Å². The molecule has 1 amide bonds. The van der Waals surface area contributed by atoms with Crippen molar-refractivity contribution in [3.05, 3.63) is 42.5 Å². The van der Waals surface area contributed by atoms with Crippen molar-refractivity contribution in [2.75, 3.05) is 5.32 Å². The van der Waals surface area contributed by atoms with Gasteiger partial charge in [0.1, 0.15) is 5.75 Å². The lowest BCUT2D eigenvalue weighted by Crippen LogP contribution is -2.13. The number of carbonyl (C=O) groups is 1. The number of aromatic nitrogens is 4. The van der Waals surface area contributed by atoms with Crippen LogP contribution < -0.4 is 10.1 Å². The molecule has 0 aliphatic heterocycles. The van der Waals surface area contributed by atoms with Crippen molar-refractivity contribution in [1.82, 2.24) is 20.2 Å². The van der Waals surface area contributed by atoms with Gasteiger partial charge in [-0.2, -0.15) is 4.80 Å². The first kappa shape index (κ1) is 14.7. The summed E-state index contributed by atoms with van der Waals surface area (Å²) in [6.07, 6.45) is 1.73. The molecule has 0 spiro atoms. The van der Waals surface area contributed by atoms with Gasteiger partial charge >= 0.3 is 0 Å². The third-order valence-corrected chi connectivity index (χ3v) is 2.46. The third-order valence-electron chi connectivity index (χ3n) is 2.46. The molecule has 0 radical (unpaired) electrons. The molecule has 0 unspecified atom stereocenters. The first-order chi connectivity index (χ1) is 10.1. The van der Waals surface area contributed by atoms with E-state index in [4.69, 9.17) is 4.74 Å². The van der Waals surface area contributed by atoms with Crippen LogP contribution in [0.15, 0.2) is 36.9 Å². The molecule has 110 valence electrons. The lowest BCUT2D eigenvalue weighted by atomic mass is 10.2. The van der Waals surface area contributed by atoms with E-state index in [0.717, 1.165) is 5.75 Å². The summed E-state index contributed by atoms with van der Waals surface area (Å²) in [7, 11) is 0. The molecule has 7 heteroatoms. The summed E-state index contributed by atoms with van der Waals surface area (Å²) in [4.78, 5) is 13.4. The van der Waals surface area contributed by atoms with Crippen LogP contribution in [0.5, 0.6) is 5.75 Å². The average molecular weight is 287 g/mol. The minimum absolute atomic E-state index is 0.0915. The van der Waals surface area contributed by atoms with Crippen molar-refractivity contribution in [3.8, 4) is 5.75 Å². The number of carbonyl (C=O) groups excluding carboxylic acids is 1. The van der Waals surface area contributed by atoms with E-state index in [1.54, 1.807) is 30.3 Å². The van der Waals surface area contributed by atoms with Crippen molar-refractivity contribution < 1.29 is 9.53 Å². The zero-order chi connectivity index (χ0) is 15.2. The van der Waals surface area contributed by atoms with E-state index in [-0.39, 0.29) is 18.0 Å². The number of nitrogens with zero attached hydrogens (tertiary/aromatic N) is 4. The number of benzene rings is 1. The first-order valence-corrected chi connectivity index (χ1v) is 6.55. The molecule has 1 N–H and O–H groups in total. The van der Waals surface area contributed by atoms with Crippen LogP contribution in [-0.2, 0) is 6.54 Å². The van der Waals surface area contributed by atoms with Gasteiger partial charge in [-0.1, -0.05) is 11.2 Å². The second-order valence-electron chi connectivity index (χ2n) is 4.60. The van der Waals surface area contributed by atoms with E-state index in [1.807, 2.05) is 13.8 Å². The number of amides is 1. The molecule has 2 aromatic rings. The monoisotopic (exact) mass is 287 g/mol. The molecule has 0 saturated heterocycles. The number of ether oxygens (including phenoxy) is 1. The number of tetrazole rings is 1. The van der Waals surface area contributed by atoms with E-state index in [9.17, 15) is 4.79 Å². The van der Waals surface area contributed by atoms with Crippen molar-refractivity contribution in [2.45, 2.75) is 26.5 Å². The second-order valence-corrected chi connectivity index (χ2v) is 4.60. The van der Waals surface area contributed by atoms with Crippen LogP contribution in [-0.4, -0.2) is 32.2 Å². The Morgan fingerprint density at radius 1 is 1.43 bits per heavy atom. The number of hydrogen-bond donors (Lipinski definition) is 1. The average Bonchev–Trinajstić information content (AvgIpc) is 2.86. The molecular formula is C14H17N5O2. The fourth-order valence-corrected chi connectivity index (χ4v) is 1.62. The van der Waals surface area contributed by atoms with E-state index < -0.39 is 0 Å². The summed E-state index contributed by atoms with van der Waals surface area (Å²) in [5.74, 6) is 0.574. The van der Waals surface area contributed by atoms with Crippen LogP contribution >= 0.6 is 0 Å². The normalized spacial score (nSPS) is 10.4. The Morgan fingerprint density at radius 2 is 2.14 bits per heavy atom. The topological polar surface area (TPSA) is 81.9 Å². The SMILES string of the molecule is C=CCn1nnc(NC(=O)c2ccc(OC(C)C)cc2)n1. The fraction of sp³-hybridized carbons (Fsp3) is 0.286. The van der Waals surface area contributed by atoms with Crippen LogP contribution in [0.2, 0.25) is 0 Å². The van der Waals surface area contributed by atoms with E-state index in [0.29, 0.717) is 12.1 Å². The van der Waals surface area contributed by atoms with Crippen molar-refractivity contribution in [1.29, 1.82) is 0 Å². The lowest BCUT2D eigenvalue weighted by Gasteiger charge is -2.09. The number of nitrogens with one attached hydrogen (secondary N) is 1. The quantitative estimate of drug-likeness (QED) is 0.820. The minimum atomic E-state index is -0.302. The molecule has 0 atom stereocenters. The van der Waals surface area contributed by atoms with Gasteiger partial charge in [0.25, 0.3) is 11.9 Å². The van der Waals surface area contributed by atoms with Gasteiger partial charge < -0.3 is 4.74 Å². The predicted octanol–water partition coefficient (Wildman–Crippen LogP) is 1.90. The maximum atomic E-state index is 12.0. The lowest BCUT2D eigenvalue weighted by molar-refractivity contribution is 0.102. The van der Waals surface area contributed by atoms with Gasteiger partial charge in [-0.15, -0.1) is 11.7 Å². The summed E-state index contributed by atoms with van der Waals surface area (Å²) in [6, 6.07) is 6.86. The van der Waals surface area contributed by atoms with Crippen LogP contribution in [0.4, 0.5) is 5.95 Å². The van der Waals surface area contributed by atoms with Crippen LogP contribution in [0.1, 0.15) is 24.2 Å². The second kappa shape index (κ2) is 6.65. The first-order valence-electron chi connectivity index (χ1n) is 6.55. The smallest absolute Gasteiger partial charge is 0.270 e. The highest BCUT2D eigenvalue weighted by atomic mass is 16.5. The van der Waals surface area contributed by atoms with Crippen molar-refractivity contribution in [3.63, 3.8) is 0 Å². The largest absolute Gasteiger partial charge is 0.491 e. The van der Waals surface area contributed by atoms with Crippen molar-refractivity contribution >= 4 is 11.9 Å². The van der Waals surface area contributed by atoms with Crippen LogP contribution in [0.3, 0.4) is 0 Å². The Morgan fingerprint density at radius 3 is 2.76 bits per heavy atom. The molecule has 0 aliphatic rings.